The number of carboxylic acid groups (broad SMARTS) is 1. The minimum absolute atomic E-state index is 0.0198. The largest absolute Gasteiger partial charge is 0.477 e. The Labute approximate surface area is 114 Å². The van der Waals surface area contributed by atoms with Crippen molar-refractivity contribution in [2.75, 3.05) is 0 Å². The van der Waals surface area contributed by atoms with Crippen LogP contribution < -0.4 is 0 Å². The van der Waals surface area contributed by atoms with Crippen molar-refractivity contribution in [3.05, 3.63) is 59.2 Å². The Bertz CT molecular complexity index is 780. The van der Waals surface area contributed by atoms with E-state index in [0.29, 0.717) is 23.7 Å². The molecule has 2 aromatic heterocycles. The topological polar surface area (TPSA) is 80.4 Å². The van der Waals surface area contributed by atoms with Crippen LogP contribution in [-0.4, -0.2) is 30.7 Å². The van der Waals surface area contributed by atoms with Crippen LogP contribution in [0, 0.1) is 6.92 Å². The summed E-state index contributed by atoms with van der Waals surface area (Å²) in [5.41, 5.74) is 1.77. The van der Waals surface area contributed by atoms with Gasteiger partial charge in [-0.2, -0.15) is 4.98 Å². The molecule has 0 spiro atoms. The van der Waals surface area contributed by atoms with E-state index in [2.05, 4.69) is 15.1 Å². The average Bonchev–Trinajstić information content (AvgIpc) is 2.83. The van der Waals surface area contributed by atoms with Gasteiger partial charge in [-0.15, -0.1) is 5.10 Å². The number of aromatic carboxylic acids is 1. The Morgan fingerprint density at radius 3 is 2.70 bits per heavy atom. The van der Waals surface area contributed by atoms with Gasteiger partial charge < -0.3 is 5.11 Å². The molecule has 1 aromatic carbocycles. The Balaban J connectivity index is 2.02. The van der Waals surface area contributed by atoms with Crippen LogP contribution in [0.1, 0.15) is 27.6 Å². The molecule has 0 unspecified atom stereocenters. The molecule has 0 amide bonds. The first-order chi connectivity index (χ1) is 9.63. The standard InChI is InChI=1S/C14H12N4O2/c1-9-7-11(13(19)20)15-14-16-12(17-18(9)14)8-10-5-3-2-4-6-10/h2-7H,8H2,1H3,(H,19,20). The monoisotopic (exact) mass is 268 g/mol. The number of carbonyl (C=O) groups is 1. The summed E-state index contributed by atoms with van der Waals surface area (Å²) >= 11 is 0. The predicted octanol–water partition coefficient (Wildman–Crippen LogP) is 1.72. The highest BCUT2D eigenvalue weighted by Gasteiger charge is 2.12. The van der Waals surface area contributed by atoms with Gasteiger partial charge in [0.05, 0.1) is 0 Å². The van der Waals surface area contributed by atoms with E-state index < -0.39 is 5.97 Å². The SMILES string of the molecule is Cc1cc(C(=O)O)nc2nc(Cc3ccccc3)nn12. The Kier molecular flexibility index (Phi) is 2.90. The first-order valence-electron chi connectivity index (χ1n) is 6.14. The fourth-order valence-corrected chi connectivity index (χ4v) is 2.02. The van der Waals surface area contributed by atoms with E-state index in [1.807, 2.05) is 30.3 Å². The molecule has 0 saturated heterocycles. The third-order valence-corrected chi connectivity index (χ3v) is 2.96. The number of aryl methyl sites for hydroxylation is 1. The van der Waals surface area contributed by atoms with E-state index in [4.69, 9.17) is 5.11 Å². The maximum atomic E-state index is 11.0. The lowest BCUT2D eigenvalue weighted by Gasteiger charge is -1.98. The van der Waals surface area contributed by atoms with Gasteiger partial charge in [-0.3, -0.25) is 0 Å². The lowest BCUT2D eigenvalue weighted by atomic mass is 10.1. The Morgan fingerprint density at radius 1 is 1.25 bits per heavy atom. The minimum atomic E-state index is -1.07. The van der Waals surface area contributed by atoms with Gasteiger partial charge in [-0.1, -0.05) is 30.3 Å². The molecule has 0 aliphatic carbocycles. The third kappa shape index (κ3) is 2.23. The first-order valence-corrected chi connectivity index (χ1v) is 6.14. The lowest BCUT2D eigenvalue weighted by molar-refractivity contribution is 0.0690. The highest BCUT2D eigenvalue weighted by atomic mass is 16.4. The van der Waals surface area contributed by atoms with Crippen LogP contribution in [0.15, 0.2) is 36.4 Å². The van der Waals surface area contributed by atoms with E-state index in [9.17, 15) is 4.79 Å². The molecule has 0 fully saturated rings. The molecule has 1 N–H and O–H groups in total. The first kappa shape index (κ1) is 12.3. The van der Waals surface area contributed by atoms with Gasteiger partial charge in [0, 0.05) is 12.1 Å². The molecular formula is C14H12N4O2. The summed E-state index contributed by atoms with van der Waals surface area (Å²) in [7, 11) is 0. The quantitative estimate of drug-likeness (QED) is 0.782. The molecule has 3 rings (SSSR count). The molecule has 2 heterocycles. The van der Waals surface area contributed by atoms with Crippen molar-refractivity contribution in [3.63, 3.8) is 0 Å². The number of nitrogens with zero attached hydrogens (tertiary/aromatic N) is 4. The van der Waals surface area contributed by atoms with Gasteiger partial charge in [0.1, 0.15) is 0 Å². The summed E-state index contributed by atoms with van der Waals surface area (Å²) in [6, 6.07) is 11.3. The molecule has 0 aliphatic heterocycles. The lowest BCUT2D eigenvalue weighted by Crippen LogP contribution is -2.05. The minimum Gasteiger partial charge on any atom is -0.477 e. The number of benzene rings is 1. The van der Waals surface area contributed by atoms with Crippen molar-refractivity contribution in [1.29, 1.82) is 0 Å². The fourth-order valence-electron chi connectivity index (χ4n) is 2.02. The number of fused-ring (bicyclic) bond motifs is 1. The summed E-state index contributed by atoms with van der Waals surface area (Å²) in [5.74, 6) is -0.133. The van der Waals surface area contributed by atoms with Crippen LogP contribution in [0.4, 0.5) is 0 Å². The molecule has 0 radical (unpaired) electrons. The van der Waals surface area contributed by atoms with E-state index >= 15 is 0 Å². The summed E-state index contributed by atoms with van der Waals surface area (Å²) < 4.78 is 1.56. The van der Waals surface area contributed by atoms with E-state index in [-0.39, 0.29) is 5.69 Å². The van der Waals surface area contributed by atoms with Crippen LogP contribution in [0.3, 0.4) is 0 Å². The predicted molar refractivity (Wildman–Crippen MR) is 71.7 cm³/mol. The van der Waals surface area contributed by atoms with Crippen molar-refractivity contribution in [3.8, 4) is 0 Å². The van der Waals surface area contributed by atoms with Crippen LogP contribution in [0.25, 0.3) is 5.78 Å². The van der Waals surface area contributed by atoms with E-state index in [0.717, 1.165) is 5.56 Å². The number of hydrogen-bond donors (Lipinski definition) is 1. The van der Waals surface area contributed by atoms with Crippen molar-refractivity contribution in [1.82, 2.24) is 19.6 Å². The normalized spacial score (nSPS) is 10.8. The molecule has 20 heavy (non-hydrogen) atoms. The molecule has 0 atom stereocenters. The second-order valence-corrected chi connectivity index (χ2v) is 4.49. The molecule has 0 saturated carbocycles. The fraction of sp³-hybridized carbons (Fsp3) is 0.143. The highest BCUT2D eigenvalue weighted by Crippen LogP contribution is 2.09. The number of rotatable bonds is 3. The van der Waals surface area contributed by atoms with Crippen LogP contribution in [0.5, 0.6) is 0 Å². The maximum Gasteiger partial charge on any atom is 0.354 e. The van der Waals surface area contributed by atoms with Crippen LogP contribution >= 0.6 is 0 Å². The van der Waals surface area contributed by atoms with Gasteiger partial charge in [0.2, 0.25) is 0 Å². The van der Waals surface area contributed by atoms with E-state index in [1.165, 1.54) is 6.07 Å². The zero-order valence-electron chi connectivity index (χ0n) is 10.8. The number of carboxylic acids is 1. The average molecular weight is 268 g/mol. The second kappa shape index (κ2) is 4.73. The molecule has 100 valence electrons. The summed E-state index contributed by atoms with van der Waals surface area (Å²) in [5, 5.41) is 13.3. The Hall–Kier alpha value is -2.76. The zero-order chi connectivity index (χ0) is 14.1. The van der Waals surface area contributed by atoms with E-state index in [1.54, 1.807) is 11.4 Å². The van der Waals surface area contributed by atoms with Crippen molar-refractivity contribution in [2.24, 2.45) is 0 Å². The smallest absolute Gasteiger partial charge is 0.354 e. The van der Waals surface area contributed by atoms with Crippen molar-refractivity contribution in [2.45, 2.75) is 13.3 Å². The highest BCUT2D eigenvalue weighted by molar-refractivity contribution is 5.85. The summed E-state index contributed by atoms with van der Waals surface area (Å²) in [4.78, 5) is 19.3. The van der Waals surface area contributed by atoms with Gasteiger partial charge in [0.15, 0.2) is 11.5 Å². The molecule has 6 heteroatoms. The number of aromatic nitrogens is 4. The van der Waals surface area contributed by atoms with Gasteiger partial charge in [-0.05, 0) is 18.6 Å². The molecular weight excluding hydrogens is 256 g/mol. The second-order valence-electron chi connectivity index (χ2n) is 4.49. The molecule has 6 nitrogen and oxygen atoms in total. The van der Waals surface area contributed by atoms with Crippen molar-refractivity contribution < 1.29 is 9.90 Å². The van der Waals surface area contributed by atoms with Crippen molar-refractivity contribution >= 4 is 11.7 Å². The number of hydrogen-bond acceptors (Lipinski definition) is 4. The maximum absolute atomic E-state index is 11.0. The van der Waals surface area contributed by atoms with Gasteiger partial charge in [-0.25, -0.2) is 14.3 Å². The Morgan fingerprint density at radius 2 is 2.00 bits per heavy atom. The van der Waals surface area contributed by atoms with Gasteiger partial charge in [0.25, 0.3) is 5.78 Å². The molecule has 3 aromatic rings. The van der Waals surface area contributed by atoms with Crippen LogP contribution in [0.2, 0.25) is 0 Å². The summed E-state index contributed by atoms with van der Waals surface area (Å²) in [6.07, 6.45) is 0.589. The summed E-state index contributed by atoms with van der Waals surface area (Å²) in [6.45, 7) is 1.78. The van der Waals surface area contributed by atoms with Gasteiger partial charge >= 0.3 is 5.97 Å². The van der Waals surface area contributed by atoms with Crippen LogP contribution in [-0.2, 0) is 6.42 Å². The molecule has 0 bridgehead atoms. The third-order valence-electron chi connectivity index (χ3n) is 2.96. The molecule has 0 aliphatic rings. The zero-order valence-corrected chi connectivity index (χ0v) is 10.8.